The van der Waals surface area contributed by atoms with E-state index in [0.717, 1.165) is 28.4 Å². The van der Waals surface area contributed by atoms with Gasteiger partial charge in [0.1, 0.15) is 10.0 Å². The van der Waals surface area contributed by atoms with Crippen LogP contribution in [-0.2, 0) is 11.3 Å². The lowest BCUT2D eigenvalue weighted by atomic mass is 9.84. The van der Waals surface area contributed by atoms with Crippen molar-refractivity contribution < 1.29 is 4.79 Å². The van der Waals surface area contributed by atoms with E-state index in [2.05, 4.69) is 15.5 Å². The Bertz CT molecular complexity index is 706. The van der Waals surface area contributed by atoms with Gasteiger partial charge in [0.15, 0.2) is 0 Å². The van der Waals surface area contributed by atoms with Crippen LogP contribution in [0, 0.1) is 17.8 Å². The molecule has 5 nitrogen and oxygen atoms in total. The number of halogens is 1. The number of fused-ring (bicyclic) bond motifs is 2. The summed E-state index contributed by atoms with van der Waals surface area (Å²) in [7, 11) is 0. The Balaban J connectivity index is 0.00000169. The van der Waals surface area contributed by atoms with Gasteiger partial charge in [0.25, 0.3) is 0 Å². The number of nitrogens with one attached hydrogen (secondary N) is 1. The Hall–Kier alpha value is -1.50. The molecule has 1 aromatic carbocycles. The SMILES string of the molecule is Cl.NC1C2CCC(C2)C1C(=O)NCc1nnc(-c2ccccc2)s1. The van der Waals surface area contributed by atoms with Crippen LogP contribution in [0.2, 0.25) is 0 Å². The van der Waals surface area contributed by atoms with Gasteiger partial charge in [-0.1, -0.05) is 41.7 Å². The lowest BCUT2D eigenvalue weighted by Crippen LogP contribution is -2.45. The molecule has 2 aliphatic carbocycles. The van der Waals surface area contributed by atoms with Gasteiger partial charge >= 0.3 is 0 Å². The van der Waals surface area contributed by atoms with E-state index in [1.54, 1.807) is 0 Å². The lowest BCUT2D eigenvalue weighted by molar-refractivity contribution is -0.127. The molecule has 2 saturated carbocycles. The number of rotatable bonds is 4. The van der Waals surface area contributed by atoms with Crippen molar-refractivity contribution in [1.82, 2.24) is 15.5 Å². The molecule has 1 aromatic heterocycles. The molecular weight excluding hydrogens is 344 g/mol. The first-order chi connectivity index (χ1) is 11.2. The van der Waals surface area contributed by atoms with E-state index in [-0.39, 0.29) is 30.3 Å². The van der Waals surface area contributed by atoms with Crippen LogP contribution in [0.15, 0.2) is 30.3 Å². The number of benzene rings is 1. The third-order valence-corrected chi connectivity index (χ3v) is 6.16. The highest BCUT2D eigenvalue weighted by atomic mass is 35.5. The van der Waals surface area contributed by atoms with Gasteiger partial charge < -0.3 is 11.1 Å². The molecule has 2 aliphatic rings. The predicted molar refractivity (Wildman–Crippen MR) is 96.7 cm³/mol. The fourth-order valence-electron chi connectivity index (χ4n) is 4.03. The van der Waals surface area contributed by atoms with Crippen molar-refractivity contribution in [1.29, 1.82) is 0 Å². The molecule has 4 atom stereocenters. The Morgan fingerprint density at radius 3 is 2.67 bits per heavy atom. The molecule has 1 amide bonds. The van der Waals surface area contributed by atoms with Gasteiger partial charge in [-0.3, -0.25) is 4.79 Å². The molecule has 128 valence electrons. The number of amides is 1. The Kier molecular flexibility index (Phi) is 5.18. The average Bonchev–Trinajstić information content (AvgIpc) is 3.29. The summed E-state index contributed by atoms with van der Waals surface area (Å²) in [4.78, 5) is 12.5. The molecule has 0 saturated heterocycles. The number of hydrogen-bond donors (Lipinski definition) is 2. The number of nitrogens with two attached hydrogens (primary N) is 1. The Morgan fingerprint density at radius 2 is 1.96 bits per heavy atom. The normalized spacial score (nSPS) is 27.7. The van der Waals surface area contributed by atoms with E-state index in [9.17, 15) is 4.79 Å². The molecule has 2 fully saturated rings. The molecular formula is C17H21ClN4OS. The monoisotopic (exact) mass is 364 g/mol. The predicted octanol–water partition coefficient (Wildman–Crippen LogP) is 2.62. The first-order valence-electron chi connectivity index (χ1n) is 8.13. The highest BCUT2D eigenvalue weighted by Gasteiger charge is 2.48. The van der Waals surface area contributed by atoms with Crippen LogP contribution in [0.4, 0.5) is 0 Å². The van der Waals surface area contributed by atoms with Crippen LogP contribution in [-0.4, -0.2) is 22.1 Å². The summed E-state index contributed by atoms with van der Waals surface area (Å²) in [5.74, 6) is 1.09. The maximum atomic E-state index is 12.5. The fraction of sp³-hybridized carbons (Fsp3) is 0.471. The minimum absolute atomic E-state index is 0. The van der Waals surface area contributed by atoms with Crippen molar-refractivity contribution >= 4 is 29.7 Å². The van der Waals surface area contributed by atoms with Gasteiger partial charge in [0.05, 0.1) is 12.5 Å². The summed E-state index contributed by atoms with van der Waals surface area (Å²) in [5.41, 5.74) is 7.28. The van der Waals surface area contributed by atoms with Gasteiger partial charge in [-0.25, -0.2) is 0 Å². The largest absolute Gasteiger partial charge is 0.349 e. The smallest absolute Gasteiger partial charge is 0.225 e. The molecule has 4 rings (SSSR count). The summed E-state index contributed by atoms with van der Waals surface area (Å²) in [5, 5.41) is 13.1. The minimum Gasteiger partial charge on any atom is -0.349 e. The van der Waals surface area contributed by atoms with Gasteiger partial charge in [0, 0.05) is 11.6 Å². The number of hydrogen-bond acceptors (Lipinski definition) is 5. The number of carbonyl (C=O) groups is 1. The Morgan fingerprint density at radius 1 is 1.21 bits per heavy atom. The average molecular weight is 365 g/mol. The molecule has 0 radical (unpaired) electrons. The van der Waals surface area contributed by atoms with Crippen molar-refractivity contribution in [2.24, 2.45) is 23.5 Å². The third-order valence-electron chi connectivity index (χ3n) is 5.18. The number of aromatic nitrogens is 2. The maximum Gasteiger partial charge on any atom is 0.225 e. The zero-order chi connectivity index (χ0) is 15.8. The van der Waals surface area contributed by atoms with E-state index >= 15 is 0 Å². The van der Waals surface area contributed by atoms with E-state index in [4.69, 9.17) is 5.73 Å². The zero-order valence-electron chi connectivity index (χ0n) is 13.2. The molecule has 2 bridgehead atoms. The van der Waals surface area contributed by atoms with Crippen molar-refractivity contribution in [2.75, 3.05) is 0 Å². The van der Waals surface area contributed by atoms with E-state index in [1.165, 1.54) is 17.8 Å². The maximum absolute atomic E-state index is 12.5. The second kappa shape index (κ2) is 7.17. The van der Waals surface area contributed by atoms with Gasteiger partial charge in [0.2, 0.25) is 5.91 Å². The van der Waals surface area contributed by atoms with Crippen molar-refractivity contribution in [3.8, 4) is 10.6 Å². The molecule has 3 N–H and O–H groups in total. The van der Waals surface area contributed by atoms with Crippen molar-refractivity contribution in [3.05, 3.63) is 35.3 Å². The first kappa shape index (κ1) is 17.3. The minimum atomic E-state index is -0.0183. The summed E-state index contributed by atoms with van der Waals surface area (Å²) in [6.45, 7) is 0.434. The van der Waals surface area contributed by atoms with E-state index in [0.29, 0.717) is 18.4 Å². The van der Waals surface area contributed by atoms with E-state index < -0.39 is 0 Å². The van der Waals surface area contributed by atoms with Crippen molar-refractivity contribution in [3.63, 3.8) is 0 Å². The van der Waals surface area contributed by atoms with Crippen LogP contribution in [0.3, 0.4) is 0 Å². The molecule has 0 spiro atoms. The topological polar surface area (TPSA) is 80.9 Å². The molecule has 0 aliphatic heterocycles. The van der Waals surface area contributed by atoms with Crippen LogP contribution in [0.5, 0.6) is 0 Å². The zero-order valence-corrected chi connectivity index (χ0v) is 14.9. The lowest BCUT2D eigenvalue weighted by Gasteiger charge is -2.26. The highest BCUT2D eigenvalue weighted by molar-refractivity contribution is 7.14. The summed E-state index contributed by atoms with van der Waals surface area (Å²) in [6, 6.07) is 9.99. The molecule has 7 heteroatoms. The first-order valence-corrected chi connectivity index (χ1v) is 8.95. The molecule has 2 aromatic rings. The summed E-state index contributed by atoms with van der Waals surface area (Å²) in [6.07, 6.45) is 3.45. The second-order valence-electron chi connectivity index (χ2n) is 6.52. The van der Waals surface area contributed by atoms with Crippen LogP contribution >= 0.6 is 23.7 Å². The quantitative estimate of drug-likeness (QED) is 0.873. The summed E-state index contributed by atoms with van der Waals surface area (Å²) >= 11 is 1.52. The van der Waals surface area contributed by atoms with Gasteiger partial charge in [-0.15, -0.1) is 22.6 Å². The van der Waals surface area contributed by atoms with E-state index in [1.807, 2.05) is 30.3 Å². The third kappa shape index (κ3) is 3.18. The van der Waals surface area contributed by atoms with Gasteiger partial charge in [-0.2, -0.15) is 0 Å². The van der Waals surface area contributed by atoms with Gasteiger partial charge in [-0.05, 0) is 31.1 Å². The van der Waals surface area contributed by atoms with Crippen molar-refractivity contribution in [2.45, 2.75) is 31.8 Å². The highest BCUT2D eigenvalue weighted by Crippen LogP contribution is 2.47. The fourth-order valence-corrected chi connectivity index (χ4v) is 4.81. The Labute approximate surface area is 151 Å². The summed E-state index contributed by atoms with van der Waals surface area (Å²) < 4.78 is 0. The van der Waals surface area contributed by atoms with Crippen LogP contribution in [0.25, 0.3) is 10.6 Å². The molecule has 4 unspecified atom stereocenters. The number of nitrogens with zero attached hydrogens (tertiary/aromatic N) is 2. The molecule has 24 heavy (non-hydrogen) atoms. The molecule has 1 heterocycles. The van der Waals surface area contributed by atoms with Crippen LogP contribution < -0.4 is 11.1 Å². The number of carbonyl (C=O) groups excluding carboxylic acids is 1. The standard InChI is InChI=1S/C17H20N4OS.ClH/c18-15-12-7-6-11(8-12)14(15)16(22)19-9-13-20-21-17(23-13)10-4-2-1-3-5-10;/h1-5,11-12,14-15H,6-9,18H2,(H,19,22);1H. The second-order valence-corrected chi connectivity index (χ2v) is 7.58. The van der Waals surface area contributed by atoms with Crippen LogP contribution in [0.1, 0.15) is 24.3 Å².